The Labute approximate surface area is 173 Å². The lowest BCUT2D eigenvalue weighted by Gasteiger charge is -2.17. The van der Waals surface area contributed by atoms with Gasteiger partial charge in [-0.25, -0.2) is 0 Å². The first-order valence-electron chi connectivity index (χ1n) is 9.42. The number of hydrogen-bond acceptors (Lipinski definition) is 6. The molecule has 1 aliphatic rings. The first-order valence-corrected chi connectivity index (χ1v) is 9.42. The highest BCUT2D eigenvalue weighted by Gasteiger charge is 2.19. The number of aromatic nitrogens is 1. The minimum absolute atomic E-state index is 0.000123. The highest BCUT2D eigenvalue weighted by molar-refractivity contribution is 5.92. The molecule has 30 heavy (non-hydrogen) atoms. The van der Waals surface area contributed by atoms with Crippen LogP contribution in [0, 0.1) is 0 Å². The number of nitrogens with one attached hydrogen (secondary N) is 1. The summed E-state index contributed by atoms with van der Waals surface area (Å²) >= 11 is 0. The van der Waals surface area contributed by atoms with E-state index in [0.29, 0.717) is 11.5 Å². The van der Waals surface area contributed by atoms with Crippen molar-refractivity contribution in [2.24, 2.45) is 0 Å². The van der Waals surface area contributed by atoms with E-state index in [9.17, 15) is 9.59 Å². The van der Waals surface area contributed by atoms with Gasteiger partial charge in [-0.2, -0.15) is 0 Å². The number of methoxy groups -OCH3 is 1. The lowest BCUT2D eigenvalue weighted by Crippen LogP contribution is -2.29. The number of esters is 1. The Kier molecular flexibility index (Phi) is 5.61. The number of pyridine rings is 1. The van der Waals surface area contributed by atoms with E-state index in [4.69, 9.17) is 14.2 Å². The predicted octanol–water partition coefficient (Wildman–Crippen LogP) is 3.40. The summed E-state index contributed by atoms with van der Waals surface area (Å²) in [6, 6.07) is 14.4. The van der Waals surface area contributed by atoms with Gasteiger partial charge in [0, 0.05) is 17.7 Å². The number of carbonyl (C=O) groups is 2. The summed E-state index contributed by atoms with van der Waals surface area (Å²) in [5, 5.41) is 3.79. The van der Waals surface area contributed by atoms with Crippen molar-refractivity contribution < 1.29 is 23.8 Å². The second-order valence-electron chi connectivity index (χ2n) is 6.75. The number of hydrogen-bond donors (Lipinski definition) is 1. The van der Waals surface area contributed by atoms with E-state index in [1.54, 1.807) is 24.4 Å². The fraction of sp³-hybridized carbons (Fsp3) is 0.174. The SMILES string of the molecule is COC(=O)CC(NC(=O)/C=C/c1ccc2c(c1)OCO2)c1cnc2ccccc2c1. The molecular weight excluding hydrogens is 384 g/mol. The summed E-state index contributed by atoms with van der Waals surface area (Å²) in [5.41, 5.74) is 2.36. The van der Waals surface area contributed by atoms with E-state index in [1.807, 2.05) is 36.4 Å². The number of carbonyl (C=O) groups excluding carboxylic acids is 2. The average molecular weight is 404 g/mol. The van der Waals surface area contributed by atoms with Crippen LogP contribution in [0.4, 0.5) is 0 Å². The van der Waals surface area contributed by atoms with Crippen molar-refractivity contribution >= 4 is 28.9 Å². The van der Waals surface area contributed by atoms with Crippen LogP contribution < -0.4 is 14.8 Å². The number of amides is 1. The van der Waals surface area contributed by atoms with Crippen molar-refractivity contribution in [1.82, 2.24) is 10.3 Å². The zero-order valence-corrected chi connectivity index (χ0v) is 16.3. The van der Waals surface area contributed by atoms with Gasteiger partial charge in [0.05, 0.1) is 25.1 Å². The maximum absolute atomic E-state index is 12.5. The standard InChI is InChI=1S/C23H20N2O5/c1-28-23(27)12-19(17-11-16-4-2-3-5-18(16)24-13-17)25-22(26)9-7-15-6-8-20-21(10-15)30-14-29-20/h2-11,13,19H,12,14H2,1H3,(H,25,26)/b9-7+. The van der Waals surface area contributed by atoms with Crippen molar-refractivity contribution in [2.45, 2.75) is 12.5 Å². The summed E-state index contributed by atoms with van der Waals surface area (Å²) < 4.78 is 15.4. The van der Waals surface area contributed by atoms with E-state index < -0.39 is 12.0 Å². The summed E-state index contributed by atoms with van der Waals surface area (Å²) in [4.78, 5) is 28.9. The summed E-state index contributed by atoms with van der Waals surface area (Å²) in [5.74, 6) is 0.560. The second-order valence-corrected chi connectivity index (χ2v) is 6.75. The Hall–Kier alpha value is -3.87. The van der Waals surface area contributed by atoms with Gasteiger partial charge in [0.1, 0.15) is 0 Å². The third-order valence-corrected chi connectivity index (χ3v) is 4.75. The zero-order chi connectivity index (χ0) is 20.9. The van der Waals surface area contributed by atoms with Gasteiger partial charge in [0.2, 0.25) is 12.7 Å². The molecule has 7 nitrogen and oxygen atoms in total. The molecule has 0 saturated heterocycles. The van der Waals surface area contributed by atoms with E-state index in [0.717, 1.165) is 22.0 Å². The number of ether oxygens (including phenoxy) is 3. The highest BCUT2D eigenvalue weighted by Crippen LogP contribution is 2.32. The monoisotopic (exact) mass is 404 g/mol. The molecule has 0 bridgehead atoms. The highest BCUT2D eigenvalue weighted by atomic mass is 16.7. The van der Waals surface area contributed by atoms with E-state index in [-0.39, 0.29) is 19.1 Å². The van der Waals surface area contributed by atoms with Crippen molar-refractivity contribution in [1.29, 1.82) is 0 Å². The van der Waals surface area contributed by atoms with Gasteiger partial charge >= 0.3 is 5.97 Å². The van der Waals surface area contributed by atoms with Gasteiger partial charge < -0.3 is 19.5 Å². The average Bonchev–Trinajstić information content (AvgIpc) is 3.24. The van der Waals surface area contributed by atoms with Crippen LogP contribution in [0.1, 0.15) is 23.6 Å². The molecule has 2 heterocycles. The Morgan fingerprint density at radius 1 is 1.17 bits per heavy atom. The molecule has 1 unspecified atom stereocenters. The number of para-hydroxylation sites is 1. The first kappa shape index (κ1) is 19.4. The maximum Gasteiger partial charge on any atom is 0.307 e. The molecule has 2 aromatic carbocycles. The second kappa shape index (κ2) is 8.65. The van der Waals surface area contributed by atoms with Gasteiger partial charge in [-0.05, 0) is 41.5 Å². The quantitative estimate of drug-likeness (QED) is 0.501. The molecule has 0 saturated carbocycles. The van der Waals surface area contributed by atoms with E-state index in [1.165, 1.54) is 13.2 Å². The Morgan fingerprint density at radius 2 is 2.00 bits per heavy atom. The normalized spacial score (nSPS) is 13.4. The van der Waals surface area contributed by atoms with Crippen molar-refractivity contribution in [3.63, 3.8) is 0 Å². The molecular formula is C23H20N2O5. The van der Waals surface area contributed by atoms with Crippen LogP contribution in [0.25, 0.3) is 17.0 Å². The zero-order valence-electron chi connectivity index (χ0n) is 16.3. The lowest BCUT2D eigenvalue weighted by atomic mass is 10.0. The molecule has 4 rings (SSSR count). The minimum atomic E-state index is -0.566. The lowest BCUT2D eigenvalue weighted by molar-refractivity contribution is -0.141. The largest absolute Gasteiger partial charge is 0.469 e. The molecule has 3 aromatic rings. The molecule has 0 aliphatic carbocycles. The van der Waals surface area contributed by atoms with Gasteiger partial charge in [-0.1, -0.05) is 24.3 Å². The van der Waals surface area contributed by atoms with Crippen LogP contribution in [0.2, 0.25) is 0 Å². The van der Waals surface area contributed by atoms with Crippen LogP contribution in [0.5, 0.6) is 11.5 Å². The van der Waals surface area contributed by atoms with Crippen LogP contribution in [-0.4, -0.2) is 30.8 Å². The predicted molar refractivity (Wildman–Crippen MR) is 111 cm³/mol. The van der Waals surface area contributed by atoms with E-state index >= 15 is 0 Å². The Morgan fingerprint density at radius 3 is 2.87 bits per heavy atom. The molecule has 1 aliphatic heterocycles. The molecule has 152 valence electrons. The third-order valence-electron chi connectivity index (χ3n) is 4.75. The molecule has 1 N–H and O–H groups in total. The molecule has 7 heteroatoms. The number of nitrogens with zero attached hydrogens (tertiary/aromatic N) is 1. The Bertz CT molecular complexity index is 1130. The summed E-state index contributed by atoms with van der Waals surface area (Å²) in [6.45, 7) is 0.192. The molecule has 0 radical (unpaired) electrons. The topological polar surface area (TPSA) is 86.8 Å². The van der Waals surface area contributed by atoms with Crippen LogP contribution >= 0.6 is 0 Å². The Balaban J connectivity index is 1.51. The fourth-order valence-corrected chi connectivity index (χ4v) is 3.19. The molecule has 1 aromatic heterocycles. The van der Waals surface area contributed by atoms with Crippen molar-refractivity contribution in [3.8, 4) is 11.5 Å². The van der Waals surface area contributed by atoms with Gasteiger partial charge in [-0.15, -0.1) is 0 Å². The number of benzene rings is 2. The van der Waals surface area contributed by atoms with Crippen molar-refractivity contribution in [3.05, 3.63) is 71.9 Å². The summed E-state index contributed by atoms with van der Waals surface area (Å²) in [6.07, 6.45) is 4.75. The maximum atomic E-state index is 12.5. The van der Waals surface area contributed by atoms with Crippen LogP contribution in [0.15, 0.2) is 60.8 Å². The third kappa shape index (κ3) is 4.41. The number of fused-ring (bicyclic) bond motifs is 2. The van der Waals surface area contributed by atoms with E-state index in [2.05, 4.69) is 10.3 Å². The first-order chi connectivity index (χ1) is 14.6. The van der Waals surface area contributed by atoms with Crippen LogP contribution in [0.3, 0.4) is 0 Å². The van der Waals surface area contributed by atoms with Crippen molar-refractivity contribution in [2.75, 3.05) is 13.9 Å². The molecule has 1 amide bonds. The summed E-state index contributed by atoms with van der Waals surface area (Å²) in [7, 11) is 1.32. The smallest absolute Gasteiger partial charge is 0.307 e. The van der Waals surface area contributed by atoms with Gasteiger partial charge in [0.25, 0.3) is 0 Å². The molecule has 0 fully saturated rings. The fourth-order valence-electron chi connectivity index (χ4n) is 3.19. The van der Waals surface area contributed by atoms with Gasteiger partial charge in [0.15, 0.2) is 11.5 Å². The molecule has 0 spiro atoms. The number of rotatable bonds is 6. The minimum Gasteiger partial charge on any atom is -0.469 e. The van der Waals surface area contributed by atoms with Crippen LogP contribution in [-0.2, 0) is 14.3 Å². The molecule has 1 atom stereocenters. The van der Waals surface area contributed by atoms with Gasteiger partial charge in [-0.3, -0.25) is 14.6 Å².